The Kier molecular flexibility index (Phi) is 6.43. The molecule has 0 radical (unpaired) electrons. The van der Waals surface area contributed by atoms with Crippen molar-refractivity contribution in [3.05, 3.63) is 83.9 Å². The predicted octanol–water partition coefficient (Wildman–Crippen LogP) is 4.09. The molecule has 0 aliphatic carbocycles. The molecule has 0 bridgehead atoms. The van der Waals surface area contributed by atoms with E-state index < -0.39 is 0 Å². The fraction of sp³-hybridized carbons (Fsp3) is 0.250. The number of rotatable bonds is 7. The van der Waals surface area contributed by atoms with Crippen LogP contribution in [0.4, 0.5) is 0 Å². The maximum atomic E-state index is 3.93. The van der Waals surface area contributed by atoms with E-state index in [9.17, 15) is 0 Å². The molecule has 0 saturated heterocycles. The van der Waals surface area contributed by atoms with Gasteiger partial charge in [-0.1, -0.05) is 0 Å². The summed E-state index contributed by atoms with van der Waals surface area (Å²) >= 11 is 2.15. The molecule has 1 unspecified atom stereocenters. The molecule has 0 fully saturated rings. The number of aryl methyl sites for hydroxylation is 1. The molecule has 22 heavy (non-hydrogen) atoms. The van der Waals surface area contributed by atoms with Crippen molar-refractivity contribution < 1.29 is 0 Å². The Labute approximate surface area is 147 Å². The molecular formula is C20H23NTe. The number of hydrogen-bond acceptors (Lipinski definition) is 1. The first-order chi connectivity index (χ1) is 10.6. The van der Waals surface area contributed by atoms with Crippen LogP contribution in [-0.2, 0) is 6.54 Å². The van der Waals surface area contributed by atoms with Crippen molar-refractivity contribution in [2.75, 3.05) is 7.05 Å². The number of benzene rings is 2. The molecule has 0 amide bonds. The summed E-state index contributed by atoms with van der Waals surface area (Å²) in [5, 5.41) is 0. The molecule has 0 heterocycles. The van der Waals surface area contributed by atoms with Gasteiger partial charge in [0.2, 0.25) is 0 Å². The number of nitrogens with zero attached hydrogens (tertiary/aromatic N) is 1. The Bertz CT molecular complexity index is 616. The Balaban J connectivity index is 2.12. The standard InChI is InChI=1S/C20H23NTe/c1-4-8-19(18-9-6-5-7-10-18)20(22)21(3)15-17-13-11-16(2)12-14-17/h4-7,9-14,19H,1,8,15H2,2-3H3. The van der Waals surface area contributed by atoms with Crippen molar-refractivity contribution in [3.63, 3.8) is 0 Å². The van der Waals surface area contributed by atoms with Crippen molar-refractivity contribution in [2.24, 2.45) is 0 Å². The quantitative estimate of drug-likeness (QED) is 0.496. The van der Waals surface area contributed by atoms with Gasteiger partial charge in [-0.15, -0.1) is 0 Å². The summed E-state index contributed by atoms with van der Waals surface area (Å²) in [5.41, 5.74) is 4.01. The molecule has 0 aliphatic rings. The van der Waals surface area contributed by atoms with E-state index in [1.165, 1.54) is 20.4 Å². The summed E-state index contributed by atoms with van der Waals surface area (Å²) in [7, 11) is 2.18. The zero-order valence-corrected chi connectivity index (χ0v) is 15.7. The number of hydrogen-bond donors (Lipinski definition) is 0. The van der Waals surface area contributed by atoms with E-state index >= 15 is 0 Å². The number of likely N-dealkylation sites (N-methyl/N-ethyl adjacent to an activating group) is 1. The molecule has 2 aromatic carbocycles. The van der Waals surface area contributed by atoms with Crippen LogP contribution in [0.25, 0.3) is 0 Å². The minimum atomic E-state index is 0.402. The Morgan fingerprint density at radius 1 is 1.14 bits per heavy atom. The van der Waals surface area contributed by atoms with E-state index in [4.69, 9.17) is 0 Å². The summed E-state index contributed by atoms with van der Waals surface area (Å²) in [5.74, 6) is 0.402. The van der Waals surface area contributed by atoms with E-state index in [0.29, 0.717) is 5.92 Å². The Morgan fingerprint density at radius 2 is 1.77 bits per heavy atom. The second-order valence-corrected chi connectivity index (χ2v) is 6.86. The van der Waals surface area contributed by atoms with Gasteiger partial charge >= 0.3 is 147 Å². The average molecular weight is 405 g/mol. The molecule has 2 heteroatoms. The molecule has 1 atom stereocenters. The zero-order chi connectivity index (χ0) is 15.9. The first-order valence-electron chi connectivity index (χ1n) is 7.58. The van der Waals surface area contributed by atoms with Crippen LogP contribution in [0.5, 0.6) is 0 Å². The van der Waals surface area contributed by atoms with E-state index in [1.807, 2.05) is 6.08 Å². The third kappa shape index (κ3) is 4.57. The first-order valence-corrected chi connectivity index (χ1v) is 8.74. The molecule has 0 aromatic heterocycles. The van der Waals surface area contributed by atoms with Gasteiger partial charge in [0.1, 0.15) is 0 Å². The molecule has 114 valence electrons. The summed E-state index contributed by atoms with van der Waals surface area (Å²) in [6.45, 7) is 7.00. The van der Waals surface area contributed by atoms with Gasteiger partial charge in [0.05, 0.1) is 0 Å². The van der Waals surface area contributed by atoms with Gasteiger partial charge in [-0.05, 0) is 0 Å². The van der Waals surface area contributed by atoms with Crippen molar-refractivity contribution >= 4 is 25.5 Å². The summed E-state index contributed by atoms with van der Waals surface area (Å²) in [6.07, 6.45) is 2.99. The Hall–Kier alpha value is -1.36. The van der Waals surface area contributed by atoms with E-state index in [0.717, 1.165) is 13.0 Å². The minimum absolute atomic E-state index is 0.402. The molecule has 1 nitrogen and oxygen atoms in total. The zero-order valence-electron chi connectivity index (χ0n) is 13.3. The molecule has 0 saturated carbocycles. The molecule has 2 aromatic rings. The van der Waals surface area contributed by atoms with Crippen molar-refractivity contribution in [3.8, 4) is 0 Å². The van der Waals surface area contributed by atoms with E-state index in [-0.39, 0.29) is 0 Å². The summed E-state index contributed by atoms with van der Waals surface area (Å²) in [6, 6.07) is 19.5. The van der Waals surface area contributed by atoms with Gasteiger partial charge in [-0.3, -0.25) is 0 Å². The van der Waals surface area contributed by atoms with Crippen LogP contribution in [-0.4, -0.2) is 37.4 Å². The van der Waals surface area contributed by atoms with Crippen LogP contribution < -0.4 is 0 Å². The second kappa shape index (κ2) is 8.32. The van der Waals surface area contributed by atoms with E-state index in [2.05, 4.69) is 102 Å². The van der Waals surface area contributed by atoms with Crippen LogP contribution in [0.1, 0.15) is 29.0 Å². The summed E-state index contributed by atoms with van der Waals surface area (Å²) < 4.78 is 1.39. The Morgan fingerprint density at radius 3 is 2.36 bits per heavy atom. The van der Waals surface area contributed by atoms with Crippen LogP contribution in [0.3, 0.4) is 0 Å². The molecular weight excluding hydrogens is 382 g/mol. The van der Waals surface area contributed by atoms with Gasteiger partial charge in [0, 0.05) is 0 Å². The fourth-order valence-corrected chi connectivity index (χ4v) is 3.39. The van der Waals surface area contributed by atoms with Gasteiger partial charge in [-0.25, -0.2) is 0 Å². The van der Waals surface area contributed by atoms with Crippen molar-refractivity contribution in [1.29, 1.82) is 0 Å². The topological polar surface area (TPSA) is 3.24 Å². The molecule has 0 aliphatic heterocycles. The van der Waals surface area contributed by atoms with Gasteiger partial charge in [-0.2, -0.15) is 0 Å². The van der Waals surface area contributed by atoms with Crippen LogP contribution in [0.2, 0.25) is 0 Å². The fourth-order valence-electron chi connectivity index (χ4n) is 2.54. The van der Waals surface area contributed by atoms with Gasteiger partial charge < -0.3 is 0 Å². The number of allylic oxidation sites excluding steroid dienone is 1. The van der Waals surface area contributed by atoms with Crippen molar-refractivity contribution in [1.82, 2.24) is 4.90 Å². The van der Waals surface area contributed by atoms with Gasteiger partial charge in [0.25, 0.3) is 0 Å². The second-order valence-electron chi connectivity index (χ2n) is 5.67. The third-order valence-corrected chi connectivity index (χ3v) is 5.52. The van der Waals surface area contributed by atoms with Crippen LogP contribution in [0.15, 0.2) is 67.3 Å². The normalized spacial score (nSPS) is 11.7. The first kappa shape index (κ1) is 17.0. The molecule has 0 N–H and O–H groups in total. The molecule has 0 spiro atoms. The molecule has 2 rings (SSSR count). The monoisotopic (exact) mass is 407 g/mol. The van der Waals surface area contributed by atoms with Crippen LogP contribution >= 0.6 is 0 Å². The maximum absolute atomic E-state index is 3.93. The average Bonchev–Trinajstić information content (AvgIpc) is 2.55. The van der Waals surface area contributed by atoms with Gasteiger partial charge in [0.15, 0.2) is 0 Å². The summed E-state index contributed by atoms with van der Waals surface area (Å²) in [4.78, 5) is 2.36. The van der Waals surface area contributed by atoms with Crippen LogP contribution in [0, 0.1) is 6.92 Å². The third-order valence-electron chi connectivity index (χ3n) is 3.82. The van der Waals surface area contributed by atoms with E-state index in [1.54, 1.807) is 0 Å². The van der Waals surface area contributed by atoms with Crippen molar-refractivity contribution in [2.45, 2.75) is 25.8 Å². The SMILES string of the molecule is C=CCC(C(=[Te])N(C)Cc1ccc(C)cc1)c1ccccc1. The predicted molar refractivity (Wildman–Crippen MR) is 97.4 cm³/mol.